The molecule has 2 aliphatic rings. The van der Waals surface area contributed by atoms with Crippen molar-refractivity contribution in [2.75, 3.05) is 39.4 Å². The number of ether oxygens (including phenoxy) is 1. The fourth-order valence-corrected chi connectivity index (χ4v) is 2.71. The van der Waals surface area contributed by atoms with E-state index in [1.165, 1.54) is 32.5 Å². The van der Waals surface area contributed by atoms with E-state index >= 15 is 0 Å². The SMILES string of the molecule is CC(C)(CNCC1CNC1)C1CCOCC1. The molecule has 2 N–H and O–H groups in total. The van der Waals surface area contributed by atoms with Crippen molar-refractivity contribution in [2.45, 2.75) is 26.7 Å². The van der Waals surface area contributed by atoms with Crippen LogP contribution in [-0.2, 0) is 4.74 Å². The summed E-state index contributed by atoms with van der Waals surface area (Å²) in [6.45, 7) is 11.4. The van der Waals surface area contributed by atoms with Crippen LogP contribution in [0.2, 0.25) is 0 Å². The molecule has 0 bridgehead atoms. The molecule has 3 heteroatoms. The van der Waals surface area contributed by atoms with Gasteiger partial charge in [0, 0.05) is 39.4 Å². The molecule has 0 aromatic carbocycles. The summed E-state index contributed by atoms with van der Waals surface area (Å²) >= 11 is 0. The molecular weight excluding hydrogens is 200 g/mol. The Labute approximate surface area is 99.3 Å². The van der Waals surface area contributed by atoms with E-state index in [4.69, 9.17) is 4.74 Å². The van der Waals surface area contributed by atoms with Crippen LogP contribution in [0, 0.1) is 17.3 Å². The Balaban J connectivity index is 1.68. The fourth-order valence-electron chi connectivity index (χ4n) is 2.71. The van der Waals surface area contributed by atoms with E-state index in [9.17, 15) is 0 Å². The van der Waals surface area contributed by atoms with Gasteiger partial charge in [-0.1, -0.05) is 13.8 Å². The molecule has 2 fully saturated rings. The summed E-state index contributed by atoms with van der Waals surface area (Å²) in [5.74, 6) is 1.69. The van der Waals surface area contributed by atoms with Gasteiger partial charge in [0.15, 0.2) is 0 Å². The summed E-state index contributed by atoms with van der Waals surface area (Å²) in [6.07, 6.45) is 2.47. The van der Waals surface area contributed by atoms with Gasteiger partial charge in [0.25, 0.3) is 0 Å². The van der Waals surface area contributed by atoms with E-state index in [0.29, 0.717) is 5.41 Å². The third kappa shape index (κ3) is 3.19. The van der Waals surface area contributed by atoms with Crippen LogP contribution in [0.1, 0.15) is 26.7 Å². The first-order chi connectivity index (χ1) is 7.68. The van der Waals surface area contributed by atoms with Gasteiger partial charge in [0.1, 0.15) is 0 Å². The third-order valence-corrected chi connectivity index (χ3v) is 4.21. The molecule has 0 atom stereocenters. The molecule has 0 amide bonds. The molecule has 2 heterocycles. The van der Waals surface area contributed by atoms with Crippen LogP contribution < -0.4 is 10.6 Å². The molecule has 0 aliphatic carbocycles. The summed E-state index contributed by atoms with van der Waals surface area (Å²) in [6, 6.07) is 0. The molecular formula is C13H26N2O. The van der Waals surface area contributed by atoms with E-state index in [0.717, 1.165) is 31.6 Å². The summed E-state index contributed by atoms with van der Waals surface area (Å²) in [4.78, 5) is 0. The van der Waals surface area contributed by atoms with Crippen LogP contribution in [0.15, 0.2) is 0 Å². The topological polar surface area (TPSA) is 33.3 Å². The minimum absolute atomic E-state index is 0.418. The van der Waals surface area contributed by atoms with Crippen LogP contribution in [0.5, 0.6) is 0 Å². The molecule has 94 valence electrons. The van der Waals surface area contributed by atoms with Gasteiger partial charge in [-0.15, -0.1) is 0 Å². The van der Waals surface area contributed by atoms with Gasteiger partial charge in [-0.3, -0.25) is 0 Å². The summed E-state index contributed by atoms with van der Waals surface area (Å²) in [5.41, 5.74) is 0.418. The number of hydrogen-bond donors (Lipinski definition) is 2. The predicted octanol–water partition coefficient (Wildman–Crippen LogP) is 1.25. The standard InChI is InChI=1S/C13H26N2O/c1-13(2,12-3-5-16-6-4-12)10-15-9-11-7-14-8-11/h11-12,14-15H,3-10H2,1-2H3. The normalized spacial score (nSPS) is 24.4. The predicted molar refractivity (Wildman–Crippen MR) is 66.6 cm³/mol. The van der Waals surface area contributed by atoms with Crippen molar-refractivity contribution >= 4 is 0 Å². The monoisotopic (exact) mass is 226 g/mol. The molecule has 16 heavy (non-hydrogen) atoms. The smallest absolute Gasteiger partial charge is 0.0468 e. The first-order valence-corrected chi connectivity index (χ1v) is 6.68. The second-order valence-electron chi connectivity index (χ2n) is 6.03. The number of nitrogens with one attached hydrogen (secondary N) is 2. The van der Waals surface area contributed by atoms with E-state index in [1.54, 1.807) is 0 Å². The van der Waals surface area contributed by atoms with Crippen molar-refractivity contribution in [1.29, 1.82) is 0 Å². The Hall–Kier alpha value is -0.120. The highest BCUT2D eigenvalue weighted by Gasteiger charge is 2.30. The zero-order valence-electron chi connectivity index (χ0n) is 10.7. The van der Waals surface area contributed by atoms with Crippen molar-refractivity contribution in [1.82, 2.24) is 10.6 Å². The second-order valence-corrected chi connectivity index (χ2v) is 6.03. The second kappa shape index (κ2) is 5.48. The van der Waals surface area contributed by atoms with E-state index in [1.807, 2.05) is 0 Å². The molecule has 0 saturated carbocycles. The summed E-state index contributed by atoms with van der Waals surface area (Å²) in [7, 11) is 0. The van der Waals surface area contributed by atoms with Gasteiger partial charge in [0.2, 0.25) is 0 Å². The average Bonchev–Trinajstić information content (AvgIpc) is 2.23. The molecule has 0 spiro atoms. The lowest BCUT2D eigenvalue weighted by atomic mass is 9.74. The Morgan fingerprint density at radius 2 is 1.94 bits per heavy atom. The van der Waals surface area contributed by atoms with E-state index in [-0.39, 0.29) is 0 Å². The van der Waals surface area contributed by atoms with Crippen molar-refractivity contribution in [2.24, 2.45) is 17.3 Å². The minimum atomic E-state index is 0.418. The molecule has 0 unspecified atom stereocenters. The quantitative estimate of drug-likeness (QED) is 0.740. The van der Waals surface area contributed by atoms with Gasteiger partial charge in [-0.2, -0.15) is 0 Å². The van der Waals surface area contributed by atoms with E-state index < -0.39 is 0 Å². The van der Waals surface area contributed by atoms with Crippen LogP contribution in [0.4, 0.5) is 0 Å². The Bertz CT molecular complexity index is 208. The lowest BCUT2D eigenvalue weighted by Crippen LogP contribution is -2.49. The summed E-state index contributed by atoms with van der Waals surface area (Å²) in [5, 5.41) is 6.96. The van der Waals surface area contributed by atoms with Crippen LogP contribution in [0.3, 0.4) is 0 Å². The molecule has 2 saturated heterocycles. The van der Waals surface area contributed by atoms with Crippen molar-refractivity contribution < 1.29 is 4.74 Å². The molecule has 3 nitrogen and oxygen atoms in total. The van der Waals surface area contributed by atoms with E-state index in [2.05, 4.69) is 24.5 Å². The maximum atomic E-state index is 5.44. The lowest BCUT2D eigenvalue weighted by molar-refractivity contribution is 0.0224. The molecule has 2 rings (SSSR count). The maximum absolute atomic E-state index is 5.44. The first-order valence-electron chi connectivity index (χ1n) is 6.68. The first kappa shape index (κ1) is 12.3. The third-order valence-electron chi connectivity index (χ3n) is 4.21. The highest BCUT2D eigenvalue weighted by Crippen LogP contribution is 2.33. The maximum Gasteiger partial charge on any atom is 0.0468 e. The van der Waals surface area contributed by atoms with Crippen molar-refractivity contribution in [3.8, 4) is 0 Å². The Kier molecular flexibility index (Phi) is 4.22. The molecule has 0 aromatic heterocycles. The van der Waals surface area contributed by atoms with Crippen molar-refractivity contribution in [3.63, 3.8) is 0 Å². The average molecular weight is 226 g/mol. The van der Waals surface area contributed by atoms with Gasteiger partial charge < -0.3 is 15.4 Å². The van der Waals surface area contributed by atoms with Gasteiger partial charge >= 0.3 is 0 Å². The molecule has 0 aromatic rings. The number of hydrogen-bond acceptors (Lipinski definition) is 3. The van der Waals surface area contributed by atoms with Crippen molar-refractivity contribution in [3.05, 3.63) is 0 Å². The van der Waals surface area contributed by atoms with Gasteiger partial charge in [0.05, 0.1) is 0 Å². The zero-order valence-corrected chi connectivity index (χ0v) is 10.7. The highest BCUT2D eigenvalue weighted by atomic mass is 16.5. The van der Waals surface area contributed by atoms with Gasteiger partial charge in [-0.25, -0.2) is 0 Å². The number of rotatable bonds is 5. The fraction of sp³-hybridized carbons (Fsp3) is 1.00. The highest BCUT2D eigenvalue weighted by molar-refractivity contribution is 4.84. The van der Waals surface area contributed by atoms with Crippen LogP contribution in [-0.4, -0.2) is 39.4 Å². The van der Waals surface area contributed by atoms with Crippen LogP contribution >= 0.6 is 0 Å². The molecule has 2 aliphatic heterocycles. The van der Waals surface area contributed by atoms with Gasteiger partial charge in [-0.05, 0) is 30.1 Å². The zero-order chi connectivity index (χ0) is 11.4. The largest absolute Gasteiger partial charge is 0.381 e. The van der Waals surface area contributed by atoms with Crippen LogP contribution in [0.25, 0.3) is 0 Å². The summed E-state index contributed by atoms with van der Waals surface area (Å²) < 4.78 is 5.44. The minimum Gasteiger partial charge on any atom is -0.381 e. The lowest BCUT2D eigenvalue weighted by Gasteiger charge is -2.38. The molecule has 0 radical (unpaired) electrons. The Morgan fingerprint density at radius 3 is 2.50 bits per heavy atom. The Morgan fingerprint density at radius 1 is 1.25 bits per heavy atom.